The Hall–Kier alpha value is -0.730. The van der Waals surface area contributed by atoms with Crippen molar-refractivity contribution in [2.24, 2.45) is 11.7 Å². The Kier molecular flexibility index (Phi) is 4.63. The number of nitrogens with two attached hydrogens (primary N) is 1. The third-order valence-electron chi connectivity index (χ3n) is 3.45. The molecule has 0 aliphatic heterocycles. The molecule has 1 aromatic carbocycles. The van der Waals surface area contributed by atoms with E-state index in [9.17, 15) is 5.11 Å². The van der Waals surface area contributed by atoms with Gasteiger partial charge in [0.2, 0.25) is 0 Å². The van der Waals surface area contributed by atoms with Crippen LogP contribution in [0.2, 0.25) is 0 Å². The molecule has 1 aliphatic rings. The summed E-state index contributed by atoms with van der Waals surface area (Å²) in [6.45, 7) is 2.03. The van der Waals surface area contributed by atoms with E-state index < -0.39 is 0 Å². The van der Waals surface area contributed by atoms with Gasteiger partial charge in [-0.15, -0.1) is 12.4 Å². The molecule has 0 aromatic heterocycles. The zero-order valence-corrected chi connectivity index (χ0v) is 10.5. The van der Waals surface area contributed by atoms with E-state index in [0.29, 0.717) is 11.7 Å². The van der Waals surface area contributed by atoms with Crippen LogP contribution in [0, 0.1) is 12.8 Å². The minimum atomic E-state index is 0. The maximum Gasteiger partial charge on any atom is 0.120 e. The summed E-state index contributed by atoms with van der Waals surface area (Å²) in [4.78, 5) is 0. The zero-order valence-electron chi connectivity index (χ0n) is 9.65. The smallest absolute Gasteiger partial charge is 0.120 e. The minimum Gasteiger partial charge on any atom is -0.508 e. The van der Waals surface area contributed by atoms with E-state index in [2.05, 4.69) is 0 Å². The van der Waals surface area contributed by atoms with Crippen LogP contribution < -0.4 is 5.73 Å². The van der Waals surface area contributed by atoms with Crippen molar-refractivity contribution in [2.45, 2.75) is 38.6 Å². The van der Waals surface area contributed by atoms with Gasteiger partial charge in [-0.2, -0.15) is 0 Å². The average molecular weight is 242 g/mol. The van der Waals surface area contributed by atoms with Crippen LogP contribution in [0.5, 0.6) is 5.75 Å². The number of hydrogen-bond donors (Lipinski definition) is 2. The van der Waals surface area contributed by atoms with E-state index in [1.165, 1.54) is 25.7 Å². The summed E-state index contributed by atoms with van der Waals surface area (Å²) in [6, 6.07) is 5.69. The van der Waals surface area contributed by atoms with Crippen LogP contribution in [0.25, 0.3) is 0 Å². The van der Waals surface area contributed by atoms with Crippen LogP contribution in [0.4, 0.5) is 0 Å². The van der Waals surface area contributed by atoms with Crippen LogP contribution in [-0.2, 0) is 0 Å². The van der Waals surface area contributed by atoms with Crippen molar-refractivity contribution in [2.75, 3.05) is 0 Å². The van der Waals surface area contributed by atoms with Gasteiger partial charge in [0.05, 0.1) is 0 Å². The standard InChI is InChI=1S/C13H19NO.ClH/c1-9-6-7-12(15)11(8-9)13(14)10-4-2-3-5-10;/h6-8,10,13,15H,2-5,14H2,1H3;1H/t13-;/m1./s1. The summed E-state index contributed by atoms with van der Waals surface area (Å²) in [7, 11) is 0. The largest absolute Gasteiger partial charge is 0.508 e. The number of aromatic hydroxyl groups is 1. The van der Waals surface area contributed by atoms with Crippen molar-refractivity contribution in [3.05, 3.63) is 29.3 Å². The fourth-order valence-corrected chi connectivity index (χ4v) is 2.51. The first kappa shape index (κ1) is 13.3. The van der Waals surface area contributed by atoms with Gasteiger partial charge < -0.3 is 10.8 Å². The van der Waals surface area contributed by atoms with Gasteiger partial charge in [-0.05, 0) is 31.7 Å². The van der Waals surface area contributed by atoms with Gasteiger partial charge in [0.15, 0.2) is 0 Å². The maximum atomic E-state index is 9.79. The molecule has 0 bridgehead atoms. The van der Waals surface area contributed by atoms with Crippen molar-refractivity contribution >= 4 is 12.4 Å². The van der Waals surface area contributed by atoms with E-state index in [1.807, 2.05) is 19.1 Å². The molecule has 0 heterocycles. The Bertz CT molecular complexity index is 348. The third kappa shape index (κ3) is 2.69. The van der Waals surface area contributed by atoms with Gasteiger partial charge in [0.25, 0.3) is 0 Å². The van der Waals surface area contributed by atoms with Crippen LogP contribution in [-0.4, -0.2) is 5.11 Å². The van der Waals surface area contributed by atoms with Crippen molar-refractivity contribution < 1.29 is 5.11 Å². The molecule has 0 radical (unpaired) electrons. The summed E-state index contributed by atoms with van der Waals surface area (Å²) >= 11 is 0. The van der Waals surface area contributed by atoms with E-state index in [4.69, 9.17) is 5.73 Å². The molecule has 3 N–H and O–H groups in total. The second-order valence-electron chi connectivity index (χ2n) is 4.63. The van der Waals surface area contributed by atoms with E-state index in [0.717, 1.165) is 11.1 Å². The first-order valence-corrected chi connectivity index (χ1v) is 5.73. The number of hydrogen-bond acceptors (Lipinski definition) is 2. The van der Waals surface area contributed by atoms with Gasteiger partial charge in [-0.1, -0.05) is 30.5 Å². The Morgan fingerprint density at radius 3 is 2.56 bits per heavy atom. The molecule has 1 saturated carbocycles. The lowest BCUT2D eigenvalue weighted by atomic mass is 9.91. The Balaban J connectivity index is 0.00000128. The molecule has 1 fully saturated rings. The fourth-order valence-electron chi connectivity index (χ4n) is 2.51. The first-order valence-electron chi connectivity index (χ1n) is 5.73. The van der Waals surface area contributed by atoms with Crippen LogP contribution in [0.15, 0.2) is 18.2 Å². The Morgan fingerprint density at radius 1 is 1.31 bits per heavy atom. The molecule has 2 rings (SSSR count). The predicted molar refractivity (Wildman–Crippen MR) is 69.0 cm³/mol. The fraction of sp³-hybridized carbons (Fsp3) is 0.538. The van der Waals surface area contributed by atoms with E-state index in [-0.39, 0.29) is 18.4 Å². The van der Waals surface area contributed by atoms with Gasteiger partial charge in [-0.25, -0.2) is 0 Å². The van der Waals surface area contributed by atoms with E-state index in [1.54, 1.807) is 6.07 Å². The van der Waals surface area contributed by atoms with E-state index >= 15 is 0 Å². The van der Waals surface area contributed by atoms with Gasteiger partial charge in [-0.3, -0.25) is 0 Å². The van der Waals surface area contributed by atoms with Crippen LogP contribution in [0.1, 0.15) is 42.9 Å². The number of benzene rings is 1. The number of rotatable bonds is 2. The lowest BCUT2D eigenvalue weighted by Gasteiger charge is -2.20. The van der Waals surface area contributed by atoms with Crippen molar-refractivity contribution in [3.8, 4) is 5.75 Å². The summed E-state index contributed by atoms with van der Waals surface area (Å²) in [5.74, 6) is 0.901. The molecule has 90 valence electrons. The van der Waals surface area contributed by atoms with Crippen molar-refractivity contribution in [1.82, 2.24) is 0 Å². The van der Waals surface area contributed by atoms with Gasteiger partial charge >= 0.3 is 0 Å². The zero-order chi connectivity index (χ0) is 10.8. The first-order chi connectivity index (χ1) is 7.18. The molecule has 2 nitrogen and oxygen atoms in total. The molecule has 1 aliphatic carbocycles. The summed E-state index contributed by atoms with van der Waals surface area (Å²) in [5, 5.41) is 9.79. The molecule has 0 unspecified atom stereocenters. The number of halogens is 1. The number of phenolic OH excluding ortho intramolecular Hbond substituents is 1. The quantitative estimate of drug-likeness (QED) is 0.835. The molecule has 1 aromatic rings. The molecule has 3 heteroatoms. The number of aryl methyl sites for hydroxylation is 1. The van der Waals surface area contributed by atoms with Crippen molar-refractivity contribution in [3.63, 3.8) is 0 Å². The third-order valence-corrected chi connectivity index (χ3v) is 3.45. The summed E-state index contributed by atoms with van der Waals surface area (Å²) < 4.78 is 0. The monoisotopic (exact) mass is 241 g/mol. The van der Waals surface area contributed by atoms with Gasteiger partial charge in [0, 0.05) is 11.6 Å². The highest BCUT2D eigenvalue weighted by Gasteiger charge is 2.24. The second-order valence-corrected chi connectivity index (χ2v) is 4.63. The Labute approximate surface area is 103 Å². The lowest BCUT2D eigenvalue weighted by Crippen LogP contribution is -2.19. The maximum absolute atomic E-state index is 9.79. The molecule has 0 amide bonds. The Morgan fingerprint density at radius 2 is 1.94 bits per heavy atom. The second kappa shape index (κ2) is 5.55. The molecular formula is C13H20ClNO. The highest BCUT2D eigenvalue weighted by molar-refractivity contribution is 5.85. The topological polar surface area (TPSA) is 46.2 Å². The average Bonchev–Trinajstić information content (AvgIpc) is 2.74. The lowest BCUT2D eigenvalue weighted by molar-refractivity contribution is 0.412. The molecule has 1 atom stereocenters. The normalized spacial score (nSPS) is 18.1. The molecule has 16 heavy (non-hydrogen) atoms. The summed E-state index contributed by atoms with van der Waals surface area (Å²) in [6.07, 6.45) is 4.97. The van der Waals surface area contributed by atoms with Crippen LogP contribution in [0.3, 0.4) is 0 Å². The number of phenols is 1. The summed E-state index contributed by atoms with van der Waals surface area (Å²) in [5.41, 5.74) is 8.29. The highest BCUT2D eigenvalue weighted by atomic mass is 35.5. The van der Waals surface area contributed by atoms with Crippen LogP contribution >= 0.6 is 12.4 Å². The molecule has 0 saturated heterocycles. The predicted octanol–water partition coefficient (Wildman–Crippen LogP) is 3.31. The molecular weight excluding hydrogens is 222 g/mol. The van der Waals surface area contributed by atoms with Gasteiger partial charge in [0.1, 0.15) is 5.75 Å². The minimum absolute atomic E-state index is 0. The molecule has 0 spiro atoms. The SMILES string of the molecule is Cc1ccc(O)c([C@H](N)C2CCCC2)c1.Cl. The van der Waals surface area contributed by atoms with Crippen molar-refractivity contribution in [1.29, 1.82) is 0 Å². The highest BCUT2D eigenvalue weighted by Crippen LogP contribution is 2.37.